The Bertz CT molecular complexity index is 735. The second kappa shape index (κ2) is 7.27. The second-order valence-electron chi connectivity index (χ2n) is 8.02. The second-order valence-corrected chi connectivity index (χ2v) is 8.46. The summed E-state index contributed by atoms with van der Waals surface area (Å²) in [5, 5.41) is 0.658. The van der Waals surface area contributed by atoms with Gasteiger partial charge in [0.15, 0.2) is 0 Å². The van der Waals surface area contributed by atoms with Crippen LogP contribution in [0, 0.1) is 11.8 Å². The number of rotatable bonds is 5. The van der Waals surface area contributed by atoms with Crippen LogP contribution in [-0.4, -0.2) is 40.1 Å². The number of fused-ring (bicyclic) bond motifs is 1. The van der Waals surface area contributed by atoms with E-state index in [1.54, 1.807) is 0 Å². The van der Waals surface area contributed by atoms with Crippen LogP contribution < -0.4 is 0 Å². The monoisotopic (exact) mass is 388 g/mol. The van der Waals surface area contributed by atoms with E-state index >= 15 is 0 Å². The molecule has 6 heteroatoms. The zero-order valence-corrected chi connectivity index (χ0v) is 16.3. The van der Waals surface area contributed by atoms with Crippen molar-refractivity contribution in [1.82, 2.24) is 9.80 Å². The molecule has 3 unspecified atom stereocenters. The highest BCUT2D eigenvalue weighted by molar-refractivity contribution is 6.30. The Morgan fingerprint density at radius 2 is 1.63 bits per heavy atom. The van der Waals surface area contributed by atoms with Crippen LogP contribution in [0.15, 0.2) is 24.3 Å². The molecule has 2 aliphatic carbocycles. The van der Waals surface area contributed by atoms with Gasteiger partial charge in [0.05, 0.1) is 17.9 Å². The SMILES string of the molecule is CC(c1ccc(Cl)cc1)N(C(=O)CN1C(=O)C2CCCCC2C1=O)C1CC1. The van der Waals surface area contributed by atoms with Crippen LogP contribution in [0.1, 0.15) is 57.1 Å². The number of imide groups is 1. The molecule has 1 aromatic carbocycles. The number of carbonyl (C=O) groups excluding carboxylic acids is 3. The topological polar surface area (TPSA) is 57.7 Å². The van der Waals surface area contributed by atoms with Crippen LogP contribution in [-0.2, 0) is 14.4 Å². The first-order chi connectivity index (χ1) is 13.0. The molecule has 0 radical (unpaired) electrons. The molecule has 3 aliphatic rings. The number of nitrogens with zero attached hydrogens (tertiary/aromatic N) is 2. The van der Waals surface area contributed by atoms with E-state index in [0.29, 0.717) is 5.02 Å². The van der Waals surface area contributed by atoms with Gasteiger partial charge in [0, 0.05) is 11.1 Å². The Balaban J connectivity index is 1.50. The fourth-order valence-corrected chi connectivity index (χ4v) is 4.72. The number of amides is 3. The smallest absolute Gasteiger partial charge is 0.243 e. The molecule has 144 valence electrons. The van der Waals surface area contributed by atoms with E-state index in [0.717, 1.165) is 44.1 Å². The number of hydrogen-bond acceptors (Lipinski definition) is 3. The summed E-state index contributed by atoms with van der Waals surface area (Å²) in [6.45, 7) is 1.87. The van der Waals surface area contributed by atoms with Crippen molar-refractivity contribution in [2.75, 3.05) is 6.54 Å². The fraction of sp³-hybridized carbons (Fsp3) is 0.571. The third kappa shape index (κ3) is 3.49. The van der Waals surface area contributed by atoms with Crippen LogP contribution in [0.4, 0.5) is 0 Å². The standard InChI is InChI=1S/C21H25ClN2O3/c1-13(14-6-8-15(22)9-7-14)24(16-10-11-16)19(25)12-23-20(26)17-4-2-3-5-18(17)21(23)27/h6-9,13,16-18H,2-5,10-12H2,1H3. The van der Waals surface area contributed by atoms with Gasteiger partial charge in [-0.3, -0.25) is 19.3 Å². The molecule has 0 bridgehead atoms. The molecule has 1 aromatic rings. The summed E-state index contributed by atoms with van der Waals surface area (Å²) in [6, 6.07) is 7.57. The number of hydrogen-bond donors (Lipinski definition) is 0. The molecule has 0 aromatic heterocycles. The normalized spacial score (nSPS) is 26.1. The van der Waals surface area contributed by atoms with Gasteiger partial charge in [-0.15, -0.1) is 0 Å². The molecular weight excluding hydrogens is 364 g/mol. The number of benzene rings is 1. The van der Waals surface area contributed by atoms with Crippen LogP contribution in [0.2, 0.25) is 5.02 Å². The molecule has 3 fully saturated rings. The quantitative estimate of drug-likeness (QED) is 0.724. The molecule has 0 N–H and O–H groups in total. The first-order valence-corrected chi connectivity index (χ1v) is 10.3. The van der Waals surface area contributed by atoms with E-state index < -0.39 is 0 Å². The predicted molar refractivity (Wildman–Crippen MR) is 102 cm³/mol. The Morgan fingerprint density at radius 1 is 1.07 bits per heavy atom. The third-order valence-electron chi connectivity index (χ3n) is 6.22. The van der Waals surface area contributed by atoms with Crippen molar-refractivity contribution < 1.29 is 14.4 Å². The molecule has 4 rings (SSSR count). The van der Waals surface area contributed by atoms with Gasteiger partial charge in [-0.25, -0.2) is 0 Å². The predicted octanol–water partition coefficient (Wildman–Crippen LogP) is 3.57. The molecular formula is C21H25ClN2O3. The van der Waals surface area contributed by atoms with Gasteiger partial charge < -0.3 is 4.90 Å². The van der Waals surface area contributed by atoms with Gasteiger partial charge in [0.1, 0.15) is 6.54 Å². The Kier molecular flexibility index (Phi) is 4.97. The highest BCUT2D eigenvalue weighted by atomic mass is 35.5. The highest BCUT2D eigenvalue weighted by Gasteiger charge is 2.49. The minimum absolute atomic E-state index is 0.114. The Morgan fingerprint density at radius 3 is 2.15 bits per heavy atom. The van der Waals surface area contributed by atoms with Crippen LogP contribution in [0.25, 0.3) is 0 Å². The van der Waals surface area contributed by atoms with Gasteiger partial charge in [-0.05, 0) is 50.3 Å². The highest BCUT2D eigenvalue weighted by Crippen LogP contribution is 2.39. The molecule has 3 atom stereocenters. The average molecular weight is 389 g/mol. The Labute approximate surface area is 164 Å². The summed E-state index contributed by atoms with van der Waals surface area (Å²) in [6.07, 6.45) is 5.46. The van der Waals surface area contributed by atoms with E-state index in [1.807, 2.05) is 36.1 Å². The minimum Gasteiger partial charge on any atom is -0.331 e. The first-order valence-electron chi connectivity index (χ1n) is 9.89. The molecule has 2 saturated carbocycles. The van der Waals surface area contributed by atoms with Crippen molar-refractivity contribution in [3.63, 3.8) is 0 Å². The van der Waals surface area contributed by atoms with Crippen molar-refractivity contribution >= 4 is 29.3 Å². The number of halogens is 1. The van der Waals surface area contributed by atoms with E-state index in [2.05, 4.69) is 0 Å². The zero-order valence-electron chi connectivity index (χ0n) is 15.6. The average Bonchev–Trinajstić information content (AvgIpc) is 3.47. The van der Waals surface area contributed by atoms with E-state index in [1.165, 1.54) is 4.90 Å². The van der Waals surface area contributed by atoms with Gasteiger partial charge in [-0.2, -0.15) is 0 Å². The largest absolute Gasteiger partial charge is 0.331 e. The third-order valence-corrected chi connectivity index (χ3v) is 6.48. The molecule has 1 heterocycles. The van der Waals surface area contributed by atoms with Gasteiger partial charge in [-0.1, -0.05) is 36.6 Å². The maximum Gasteiger partial charge on any atom is 0.243 e. The lowest BCUT2D eigenvalue weighted by Crippen LogP contribution is -2.45. The summed E-state index contributed by atoms with van der Waals surface area (Å²) >= 11 is 5.98. The Hall–Kier alpha value is -1.88. The van der Waals surface area contributed by atoms with Crippen molar-refractivity contribution in [3.05, 3.63) is 34.9 Å². The maximum absolute atomic E-state index is 13.1. The summed E-state index contributed by atoms with van der Waals surface area (Å²) < 4.78 is 0. The van der Waals surface area contributed by atoms with E-state index in [-0.39, 0.29) is 48.2 Å². The molecule has 5 nitrogen and oxygen atoms in total. The maximum atomic E-state index is 13.1. The number of likely N-dealkylation sites (tertiary alicyclic amines) is 1. The molecule has 1 aliphatic heterocycles. The van der Waals surface area contributed by atoms with Crippen molar-refractivity contribution in [1.29, 1.82) is 0 Å². The lowest BCUT2D eigenvalue weighted by molar-refractivity contribution is -0.147. The van der Waals surface area contributed by atoms with Gasteiger partial charge in [0.25, 0.3) is 0 Å². The number of carbonyl (C=O) groups is 3. The summed E-state index contributed by atoms with van der Waals surface area (Å²) in [4.78, 5) is 41.6. The van der Waals surface area contributed by atoms with Gasteiger partial charge in [0.2, 0.25) is 17.7 Å². The first kappa shape index (κ1) is 18.5. The van der Waals surface area contributed by atoms with E-state index in [9.17, 15) is 14.4 Å². The van der Waals surface area contributed by atoms with Crippen molar-refractivity contribution in [2.24, 2.45) is 11.8 Å². The molecule has 3 amide bonds. The summed E-state index contributed by atoms with van der Waals surface area (Å²) in [7, 11) is 0. The van der Waals surface area contributed by atoms with Crippen LogP contribution >= 0.6 is 11.6 Å². The lowest BCUT2D eigenvalue weighted by atomic mass is 9.81. The van der Waals surface area contributed by atoms with Crippen molar-refractivity contribution in [2.45, 2.75) is 57.5 Å². The van der Waals surface area contributed by atoms with Crippen molar-refractivity contribution in [3.8, 4) is 0 Å². The molecule has 0 spiro atoms. The minimum atomic E-state index is -0.206. The summed E-state index contributed by atoms with van der Waals surface area (Å²) in [5.74, 6) is -0.842. The fourth-order valence-electron chi connectivity index (χ4n) is 4.59. The summed E-state index contributed by atoms with van der Waals surface area (Å²) in [5.41, 5.74) is 1.01. The zero-order chi connectivity index (χ0) is 19.1. The van der Waals surface area contributed by atoms with Crippen LogP contribution in [0.5, 0.6) is 0 Å². The van der Waals surface area contributed by atoms with Gasteiger partial charge >= 0.3 is 0 Å². The molecule has 27 heavy (non-hydrogen) atoms. The van der Waals surface area contributed by atoms with Crippen LogP contribution in [0.3, 0.4) is 0 Å². The van der Waals surface area contributed by atoms with E-state index in [4.69, 9.17) is 11.6 Å². The molecule has 1 saturated heterocycles. The lowest BCUT2D eigenvalue weighted by Gasteiger charge is -2.31.